The minimum atomic E-state index is -1.36. The lowest BCUT2D eigenvalue weighted by molar-refractivity contribution is -0.647. The fraction of sp³-hybridized carbons (Fsp3) is 0.318. The number of hydrogen-bond donors (Lipinski definition) is 1. The van der Waals surface area contributed by atoms with Crippen LogP contribution < -0.4 is 9.67 Å². The van der Waals surface area contributed by atoms with E-state index in [4.69, 9.17) is 0 Å². The summed E-state index contributed by atoms with van der Waals surface area (Å²) in [4.78, 5) is 25.6. The third-order valence-corrected chi connectivity index (χ3v) is 6.38. The Morgan fingerprint density at radius 1 is 1.31 bits per heavy atom. The normalized spacial score (nSPS) is 22.3. The van der Waals surface area contributed by atoms with Crippen LogP contribution in [-0.4, -0.2) is 38.6 Å². The van der Waals surface area contributed by atoms with E-state index < -0.39 is 18.0 Å². The largest absolute Gasteiger partial charge is 0.543 e. The fourth-order valence-electron chi connectivity index (χ4n) is 5.09. The molecular formula is C22H21N3O4. The summed E-state index contributed by atoms with van der Waals surface area (Å²) in [5.74, 6) is -2.27. The van der Waals surface area contributed by atoms with E-state index in [1.54, 1.807) is 6.92 Å². The van der Waals surface area contributed by atoms with Crippen LogP contribution in [0.4, 0.5) is 0 Å². The smallest absolute Gasteiger partial charge is 0.289 e. The number of pyridine rings is 1. The van der Waals surface area contributed by atoms with E-state index in [0.717, 1.165) is 27.5 Å². The monoisotopic (exact) mass is 391 g/mol. The van der Waals surface area contributed by atoms with E-state index >= 15 is 0 Å². The molecule has 2 aliphatic heterocycles. The lowest BCUT2D eigenvalue weighted by Gasteiger charge is -2.45. The molecule has 5 rings (SSSR count). The zero-order valence-electron chi connectivity index (χ0n) is 16.4. The summed E-state index contributed by atoms with van der Waals surface area (Å²) in [7, 11) is 3.99. The van der Waals surface area contributed by atoms with Gasteiger partial charge in [0, 0.05) is 5.39 Å². The average Bonchev–Trinajstić information content (AvgIpc) is 3.15. The Bertz CT molecular complexity index is 1250. The topological polar surface area (TPSA) is 89.5 Å². The first-order valence-corrected chi connectivity index (χ1v) is 9.64. The zero-order valence-corrected chi connectivity index (χ0v) is 16.4. The molecule has 1 N–H and O–H groups in total. The molecule has 0 radical (unpaired) electrons. The molecule has 2 aromatic heterocycles. The Labute approximate surface area is 167 Å². The molecule has 1 aromatic carbocycles. The predicted molar refractivity (Wildman–Crippen MR) is 104 cm³/mol. The second kappa shape index (κ2) is 5.90. The van der Waals surface area contributed by atoms with Gasteiger partial charge >= 0.3 is 0 Å². The van der Waals surface area contributed by atoms with Gasteiger partial charge in [0.1, 0.15) is 5.52 Å². The minimum Gasteiger partial charge on any atom is -0.543 e. The number of aliphatic hydroxyl groups is 1. The van der Waals surface area contributed by atoms with Crippen molar-refractivity contribution >= 4 is 39.4 Å². The van der Waals surface area contributed by atoms with Crippen LogP contribution in [0.5, 0.6) is 0 Å². The van der Waals surface area contributed by atoms with Gasteiger partial charge in [-0.05, 0) is 48.7 Å². The summed E-state index contributed by atoms with van der Waals surface area (Å²) in [5, 5.41) is 23.9. The molecule has 1 amide bonds. The Morgan fingerprint density at radius 2 is 2.07 bits per heavy atom. The van der Waals surface area contributed by atoms with Crippen molar-refractivity contribution in [1.82, 2.24) is 9.47 Å². The summed E-state index contributed by atoms with van der Waals surface area (Å²) in [6, 6.07) is 9.56. The van der Waals surface area contributed by atoms with Gasteiger partial charge in [0.15, 0.2) is 0 Å². The van der Waals surface area contributed by atoms with Gasteiger partial charge in [0.25, 0.3) is 5.65 Å². The molecule has 0 saturated carbocycles. The van der Waals surface area contributed by atoms with Gasteiger partial charge in [-0.3, -0.25) is 4.79 Å². The Hall–Kier alpha value is -3.19. The summed E-state index contributed by atoms with van der Waals surface area (Å²) in [6.07, 6.45) is 1.57. The number of carbonyl (C=O) groups is 2. The van der Waals surface area contributed by atoms with Crippen molar-refractivity contribution in [2.24, 2.45) is 20.0 Å². The van der Waals surface area contributed by atoms with Crippen LogP contribution >= 0.6 is 0 Å². The van der Waals surface area contributed by atoms with Crippen molar-refractivity contribution < 1.29 is 24.4 Å². The van der Waals surface area contributed by atoms with Gasteiger partial charge in [-0.1, -0.05) is 6.07 Å². The summed E-state index contributed by atoms with van der Waals surface area (Å²) < 4.78 is 4.16. The van der Waals surface area contributed by atoms with Crippen molar-refractivity contribution in [3.05, 3.63) is 47.8 Å². The Kier molecular flexibility index (Phi) is 3.64. The number of hydrogen-bond acceptors (Lipinski definition) is 4. The number of aliphatic hydroxyl groups excluding tert-OH is 1. The Balaban J connectivity index is 1.70. The van der Waals surface area contributed by atoms with Crippen molar-refractivity contribution in [1.29, 1.82) is 0 Å². The van der Waals surface area contributed by atoms with E-state index in [1.165, 1.54) is 4.90 Å². The van der Waals surface area contributed by atoms with Gasteiger partial charge < -0.3 is 19.9 Å². The molecule has 29 heavy (non-hydrogen) atoms. The number of β-lactam (4-membered cyclic amide) rings is 1. The molecule has 1 saturated heterocycles. The maximum absolute atomic E-state index is 12.4. The van der Waals surface area contributed by atoms with Crippen LogP contribution in [0.15, 0.2) is 42.2 Å². The van der Waals surface area contributed by atoms with Crippen LogP contribution in [0.25, 0.3) is 27.5 Å². The lowest BCUT2D eigenvalue weighted by Crippen LogP contribution is -2.62. The first-order valence-electron chi connectivity index (χ1n) is 9.64. The number of aromatic nitrogens is 2. The number of nitrogens with zero attached hydrogens (tertiary/aromatic N) is 3. The molecule has 0 aliphatic carbocycles. The van der Waals surface area contributed by atoms with Gasteiger partial charge in [0.05, 0.1) is 55.4 Å². The van der Waals surface area contributed by atoms with Crippen LogP contribution in [0.2, 0.25) is 0 Å². The first kappa shape index (κ1) is 17.9. The van der Waals surface area contributed by atoms with Crippen molar-refractivity contribution in [3.8, 4) is 0 Å². The zero-order chi connectivity index (χ0) is 20.6. The number of aliphatic carboxylic acids is 1. The molecule has 3 atom stereocenters. The molecule has 0 spiro atoms. The minimum absolute atomic E-state index is 0.0676. The molecule has 3 aromatic rings. The number of rotatable bonds is 3. The molecule has 1 fully saturated rings. The quantitative estimate of drug-likeness (QED) is 0.511. The maximum atomic E-state index is 12.4. The second-order valence-corrected chi connectivity index (χ2v) is 8.01. The van der Waals surface area contributed by atoms with Gasteiger partial charge in [-0.15, -0.1) is 0 Å². The summed E-state index contributed by atoms with van der Waals surface area (Å²) >= 11 is 0. The molecule has 7 heteroatoms. The summed E-state index contributed by atoms with van der Waals surface area (Å²) in [5.41, 5.74) is 3.39. The molecule has 4 heterocycles. The van der Waals surface area contributed by atoms with Crippen LogP contribution in [0.1, 0.15) is 18.9 Å². The highest BCUT2D eigenvalue weighted by Gasteiger charge is 2.55. The van der Waals surface area contributed by atoms with Gasteiger partial charge in [0.2, 0.25) is 5.91 Å². The van der Waals surface area contributed by atoms with Crippen LogP contribution in [-0.2, 0) is 23.7 Å². The average molecular weight is 391 g/mol. The fourth-order valence-corrected chi connectivity index (χ4v) is 5.09. The number of aryl methyl sites for hydroxylation is 2. The number of carbonyl (C=O) groups excluding carboxylic acids is 2. The number of fused-ring (bicyclic) bond motifs is 4. The lowest BCUT2D eigenvalue weighted by atomic mass is 9.82. The number of benzene rings is 1. The number of carboxylic acids is 1. The van der Waals surface area contributed by atoms with Crippen molar-refractivity contribution in [2.75, 3.05) is 0 Å². The third kappa shape index (κ3) is 2.25. The highest BCUT2D eigenvalue weighted by Crippen LogP contribution is 2.47. The van der Waals surface area contributed by atoms with E-state index in [1.807, 2.05) is 55.2 Å². The molecule has 7 nitrogen and oxygen atoms in total. The number of carboxylic acid groups (broad SMARTS) is 1. The van der Waals surface area contributed by atoms with Crippen molar-refractivity contribution in [3.63, 3.8) is 0 Å². The van der Waals surface area contributed by atoms with E-state index in [2.05, 4.69) is 4.57 Å². The van der Waals surface area contributed by atoms with Crippen molar-refractivity contribution in [2.45, 2.75) is 25.5 Å². The second-order valence-electron chi connectivity index (χ2n) is 8.01. The van der Waals surface area contributed by atoms with E-state index in [9.17, 15) is 19.8 Å². The first-order chi connectivity index (χ1) is 13.8. The Morgan fingerprint density at radius 3 is 2.76 bits per heavy atom. The maximum Gasteiger partial charge on any atom is 0.289 e. The van der Waals surface area contributed by atoms with Crippen LogP contribution in [0, 0.1) is 5.92 Å². The molecular weight excluding hydrogens is 370 g/mol. The van der Waals surface area contributed by atoms with Gasteiger partial charge in [-0.25, -0.2) is 9.13 Å². The molecule has 0 bridgehead atoms. The van der Waals surface area contributed by atoms with E-state index in [0.29, 0.717) is 12.0 Å². The van der Waals surface area contributed by atoms with Crippen LogP contribution in [0.3, 0.4) is 0 Å². The predicted octanol–water partition coefficient (Wildman–Crippen LogP) is 0.228. The highest BCUT2D eigenvalue weighted by atomic mass is 16.4. The SMILES string of the molecule is C[C@@H](O)[C@H]1C(=O)N2C(C(=O)[O-])=C(c3ccc4c(c3)c3ccc[n+](C)c3n4C)C[C@H]12. The molecule has 2 aliphatic rings. The third-order valence-electron chi connectivity index (χ3n) is 6.38. The molecule has 148 valence electrons. The summed E-state index contributed by atoms with van der Waals surface area (Å²) in [6.45, 7) is 1.57. The highest BCUT2D eigenvalue weighted by molar-refractivity contribution is 6.09. The van der Waals surface area contributed by atoms with E-state index in [-0.39, 0.29) is 17.6 Å². The molecule has 0 unspecified atom stereocenters. The number of amides is 1. The van der Waals surface area contributed by atoms with Gasteiger partial charge in [-0.2, -0.15) is 0 Å². The standard InChI is InChI=1S/C22H21N3O4/c1-11(26)18-17-10-14(19(22(28)29)25(17)21(18)27)12-6-7-16-15(9-12)13-5-4-8-23(2)20(13)24(16)3/h4-9,11,17-18,26H,10H2,1-3H3/t11-,17-,18-/m1/s1.